The van der Waals surface area contributed by atoms with Gasteiger partial charge in [0.15, 0.2) is 5.11 Å². The van der Waals surface area contributed by atoms with Crippen LogP contribution in [0.5, 0.6) is 5.75 Å². The van der Waals surface area contributed by atoms with Crippen LogP contribution in [0.15, 0.2) is 46.9 Å². The number of anilines is 1. The predicted molar refractivity (Wildman–Crippen MR) is 107 cm³/mol. The number of amides is 1. The van der Waals surface area contributed by atoms with Gasteiger partial charge in [0.2, 0.25) is 0 Å². The van der Waals surface area contributed by atoms with Gasteiger partial charge in [0, 0.05) is 10.0 Å². The van der Waals surface area contributed by atoms with Gasteiger partial charge in [-0.15, -0.1) is 0 Å². The average molecular weight is 437 g/mol. The topological polar surface area (TPSA) is 87.7 Å². The van der Waals surface area contributed by atoms with E-state index in [1.807, 2.05) is 13.8 Å². The number of carbonyl (C=O) groups is 2. The van der Waals surface area contributed by atoms with Crippen molar-refractivity contribution in [2.75, 3.05) is 5.32 Å². The minimum absolute atomic E-state index is 0.0477. The summed E-state index contributed by atoms with van der Waals surface area (Å²) in [6, 6.07) is 11.1. The van der Waals surface area contributed by atoms with E-state index in [-0.39, 0.29) is 22.7 Å². The van der Waals surface area contributed by atoms with Crippen LogP contribution in [0.2, 0.25) is 0 Å². The Morgan fingerprint density at radius 1 is 1.12 bits per heavy atom. The second-order valence-corrected chi connectivity index (χ2v) is 6.86. The van der Waals surface area contributed by atoms with Crippen LogP contribution in [0.3, 0.4) is 0 Å². The van der Waals surface area contributed by atoms with Crippen molar-refractivity contribution in [3.05, 3.63) is 58.1 Å². The predicted octanol–water partition coefficient (Wildman–Crippen LogP) is 4.06. The Bertz CT molecular complexity index is 838. The van der Waals surface area contributed by atoms with Crippen molar-refractivity contribution in [1.82, 2.24) is 5.32 Å². The first-order valence-electron chi connectivity index (χ1n) is 7.68. The molecule has 0 aromatic heterocycles. The number of carboxylic acid groups (broad SMARTS) is 1. The highest BCUT2D eigenvalue weighted by Gasteiger charge is 2.11. The minimum atomic E-state index is -1.06. The maximum absolute atomic E-state index is 12.3. The molecule has 0 heterocycles. The fourth-order valence-corrected chi connectivity index (χ4v) is 2.59. The molecular formula is C18H17BrN2O4S. The van der Waals surface area contributed by atoms with Gasteiger partial charge in [-0.25, -0.2) is 4.79 Å². The quantitative estimate of drug-likeness (QED) is 0.612. The molecule has 0 fully saturated rings. The number of hydrogen-bond donors (Lipinski definition) is 3. The molecule has 2 rings (SSSR count). The first-order valence-corrected chi connectivity index (χ1v) is 8.88. The van der Waals surface area contributed by atoms with E-state index in [1.165, 1.54) is 12.1 Å². The highest BCUT2D eigenvalue weighted by molar-refractivity contribution is 9.10. The summed E-state index contributed by atoms with van der Waals surface area (Å²) in [6.45, 7) is 3.84. The van der Waals surface area contributed by atoms with E-state index >= 15 is 0 Å². The molecule has 0 radical (unpaired) electrons. The molecule has 0 spiro atoms. The molecule has 0 saturated carbocycles. The standard InChI is InChI=1S/C18H17BrN2O4S/c1-10(2)25-13-6-3-11(4-7-13)16(22)21-18(26)20-15-9-12(17(23)24)5-8-14(15)19/h3-10H,1-2H3,(H,23,24)(H2,20,21,22,26). The SMILES string of the molecule is CC(C)Oc1ccc(C(=O)NC(=S)Nc2cc(C(=O)O)ccc2Br)cc1. The number of aromatic carboxylic acids is 1. The lowest BCUT2D eigenvalue weighted by Gasteiger charge is -2.12. The van der Waals surface area contributed by atoms with Crippen LogP contribution in [0, 0.1) is 0 Å². The first-order chi connectivity index (χ1) is 12.3. The van der Waals surface area contributed by atoms with E-state index in [9.17, 15) is 9.59 Å². The Balaban J connectivity index is 2.02. The van der Waals surface area contributed by atoms with Crippen molar-refractivity contribution in [1.29, 1.82) is 0 Å². The van der Waals surface area contributed by atoms with Crippen LogP contribution in [-0.2, 0) is 0 Å². The smallest absolute Gasteiger partial charge is 0.335 e. The Labute approximate surface area is 164 Å². The molecule has 2 aromatic rings. The summed E-state index contributed by atoms with van der Waals surface area (Å²) in [5.74, 6) is -0.769. The van der Waals surface area contributed by atoms with Crippen LogP contribution in [0.25, 0.3) is 0 Å². The molecule has 8 heteroatoms. The number of ether oxygens (including phenoxy) is 1. The second kappa shape index (κ2) is 8.77. The number of thiocarbonyl (C=S) groups is 1. The van der Waals surface area contributed by atoms with Gasteiger partial charge >= 0.3 is 5.97 Å². The van der Waals surface area contributed by atoms with Crippen molar-refractivity contribution < 1.29 is 19.4 Å². The summed E-state index contributed by atoms with van der Waals surface area (Å²) in [4.78, 5) is 23.3. The Kier molecular flexibility index (Phi) is 6.70. The summed E-state index contributed by atoms with van der Waals surface area (Å²) >= 11 is 8.43. The molecule has 0 bridgehead atoms. The molecule has 6 nitrogen and oxygen atoms in total. The normalized spacial score (nSPS) is 10.3. The van der Waals surface area contributed by atoms with Gasteiger partial charge in [-0.1, -0.05) is 0 Å². The van der Waals surface area contributed by atoms with Crippen LogP contribution in [0.4, 0.5) is 5.69 Å². The van der Waals surface area contributed by atoms with Gasteiger partial charge in [0.25, 0.3) is 5.91 Å². The number of benzene rings is 2. The van der Waals surface area contributed by atoms with Crippen LogP contribution in [-0.4, -0.2) is 28.2 Å². The minimum Gasteiger partial charge on any atom is -0.491 e. The molecule has 0 aliphatic rings. The molecule has 0 aliphatic heterocycles. The van der Waals surface area contributed by atoms with E-state index in [4.69, 9.17) is 22.1 Å². The Morgan fingerprint density at radius 3 is 2.31 bits per heavy atom. The highest BCUT2D eigenvalue weighted by Crippen LogP contribution is 2.23. The number of rotatable bonds is 5. The fourth-order valence-electron chi connectivity index (χ4n) is 2.04. The molecule has 0 atom stereocenters. The number of carbonyl (C=O) groups excluding carboxylic acids is 1. The third kappa shape index (κ3) is 5.53. The van der Waals surface area contributed by atoms with Crippen molar-refractivity contribution in [3.63, 3.8) is 0 Å². The molecule has 1 amide bonds. The van der Waals surface area contributed by atoms with Crippen LogP contribution >= 0.6 is 28.1 Å². The molecule has 0 aliphatic carbocycles. The molecule has 0 saturated heterocycles. The van der Waals surface area contributed by atoms with Crippen molar-refractivity contribution in [3.8, 4) is 5.75 Å². The van der Waals surface area contributed by atoms with Crippen LogP contribution < -0.4 is 15.4 Å². The maximum Gasteiger partial charge on any atom is 0.335 e. The third-order valence-electron chi connectivity index (χ3n) is 3.18. The lowest BCUT2D eigenvalue weighted by atomic mass is 10.2. The van der Waals surface area contributed by atoms with E-state index in [0.717, 1.165) is 0 Å². The van der Waals surface area contributed by atoms with E-state index in [1.54, 1.807) is 30.3 Å². The summed E-state index contributed by atoms with van der Waals surface area (Å²) in [5, 5.41) is 14.5. The maximum atomic E-state index is 12.3. The monoisotopic (exact) mass is 436 g/mol. The highest BCUT2D eigenvalue weighted by atomic mass is 79.9. The molecule has 2 aromatic carbocycles. The summed E-state index contributed by atoms with van der Waals surface area (Å²) in [5.41, 5.74) is 0.963. The lowest BCUT2D eigenvalue weighted by molar-refractivity contribution is 0.0696. The number of nitrogens with one attached hydrogen (secondary N) is 2. The zero-order valence-corrected chi connectivity index (χ0v) is 16.5. The van der Waals surface area contributed by atoms with Gasteiger partial charge in [0.1, 0.15) is 5.75 Å². The second-order valence-electron chi connectivity index (χ2n) is 5.60. The van der Waals surface area contributed by atoms with E-state index in [2.05, 4.69) is 26.6 Å². The van der Waals surface area contributed by atoms with Gasteiger partial charge < -0.3 is 15.2 Å². The van der Waals surface area contributed by atoms with Crippen molar-refractivity contribution in [2.24, 2.45) is 0 Å². The third-order valence-corrected chi connectivity index (χ3v) is 4.07. The summed E-state index contributed by atoms with van der Waals surface area (Å²) in [6.07, 6.45) is 0.0477. The number of carboxylic acids is 1. The summed E-state index contributed by atoms with van der Waals surface area (Å²) in [7, 11) is 0. The van der Waals surface area contributed by atoms with Crippen molar-refractivity contribution >= 4 is 50.8 Å². The molecular weight excluding hydrogens is 420 g/mol. The number of hydrogen-bond acceptors (Lipinski definition) is 4. The molecule has 26 heavy (non-hydrogen) atoms. The average Bonchev–Trinajstić information content (AvgIpc) is 2.56. The van der Waals surface area contributed by atoms with Gasteiger partial charge in [-0.3, -0.25) is 10.1 Å². The largest absolute Gasteiger partial charge is 0.491 e. The van der Waals surface area contributed by atoms with Gasteiger partial charge in [-0.05, 0) is 84.5 Å². The molecule has 136 valence electrons. The van der Waals surface area contributed by atoms with Gasteiger partial charge in [-0.2, -0.15) is 0 Å². The van der Waals surface area contributed by atoms with Crippen molar-refractivity contribution in [2.45, 2.75) is 20.0 Å². The zero-order valence-electron chi connectivity index (χ0n) is 14.1. The van der Waals surface area contributed by atoms with Gasteiger partial charge in [0.05, 0.1) is 17.4 Å². The lowest BCUT2D eigenvalue weighted by Crippen LogP contribution is -2.34. The Hall–Kier alpha value is -2.45. The number of halogens is 1. The van der Waals surface area contributed by atoms with E-state index < -0.39 is 5.97 Å². The molecule has 3 N–H and O–H groups in total. The van der Waals surface area contributed by atoms with Crippen LogP contribution in [0.1, 0.15) is 34.6 Å². The summed E-state index contributed by atoms with van der Waals surface area (Å²) < 4.78 is 6.15. The molecule has 0 unspecified atom stereocenters. The van der Waals surface area contributed by atoms with E-state index in [0.29, 0.717) is 21.5 Å². The zero-order chi connectivity index (χ0) is 19.3. The first kappa shape index (κ1) is 19.9. The Morgan fingerprint density at radius 2 is 1.73 bits per heavy atom. The fraction of sp³-hybridized carbons (Fsp3) is 0.167.